The number of hydrogen-bond donors (Lipinski definition) is 0. The first kappa shape index (κ1) is 67.5. The lowest BCUT2D eigenvalue weighted by Gasteiger charge is -1.96. The van der Waals surface area contributed by atoms with E-state index in [-0.39, 0.29) is 0 Å². The van der Waals surface area contributed by atoms with E-state index >= 15 is 0 Å². The van der Waals surface area contributed by atoms with Gasteiger partial charge in [-0.2, -0.15) is 0 Å². The molecule has 0 amide bonds. The van der Waals surface area contributed by atoms with Crippen molar-refractivity contribution in [3.05, 3.63) is 189 Å². The predicted octanol–water partition coefficient (Wildman–Crippen LogP) is 34.4. The van der Waals surface area contributed by atoms with Crippen LogP contribution in [0.5, 0.6) is 0 Å². The fourth-order valence-electron chi connectivity index (χ4n) is 14.6. The molecule has 100 heavy (non-hydrogen) atoms. The highest BCUT2D eigenvalue weighted by molar-refractivity contribution is 7.39. The standard InChI is InChI=1S/4C22H20S3/c4*1-2-3-4-5-8-15-11-14-12-17-20(13-19(14)23-15)25-21-16-9-6-7-10-18(16)24-22(17)21/h4*6-7,9-13H,2-5,8H2,1H3. The summed E-state index contributed by atoms with van der Waals surface area (Å²) in [5.74, 6) is 0. The monoisotopic (exact) mass is 1520 g/mol. The van der Waals surface area contributed by atoms with E-state index in [0.717, 1.165) is 0 Å². The highest BCUT2D eigenvalue weighted by Gasteiger charge is 2.19. The fraction of sp³-hybridized carbons (Fsp3) is 0.273. The molecule has 504 valence electrons. The van der Waals surface area contributed by atoms with Crippen LogP contribution in [0.3, 0.4) is 0 Å². The molecule has 12 heteroatoms. The molecule has 20 rings (SSSR count). The Hall–Kier alpha value is -5.68. The second kappa shape index (κ2) is 30.2. The number of rotatable bonds is 20. The van der Waals surface area contributed by atoms with Crippen LogP contribution in [-0.2, 0) is 25.7 Å². The van der Waals surface area contributed by atoms with Gasteiger partial charge in [0, 0.05) is 119 Å². The molecule has 0 nitrogen and oxygen atoms in total. The van der Waals surface area contributed by atoms with E-state index in [1.807, 2.05) is 136 Å². The van der Waals surface area contributed by atoms with Gasteiger partial charge in [-0.3, -0.25) is 0 Å². The molecule has 20 aromatic rings. The smallest absolute Gasteiger partial charge is 0.0542 e. The molecule has 0 fully saturated rings. The Balaban J connectivity index is 0.0000000997. The van der Waals surface area contributed by atoms with Crippen molar-refractivity contribution in [3.63, 3.8) is 0 Å². The maximum Gasteiger partial charge on any atom is 0.0542 e. The summed E-state index contributed by atoms with van der Waals surface area (Å²) >= 11 is 23.6. The van der Waals surface area contributed by atoms with Crippen molar-refractivity contribution in [2.45, 2.75) is 156 Å². The molecule has 0 saturated carbocycles. The van der Waals surface area contributed by atoms with Crippen LogP contribution in [0.25, 0.3) is 159 Å². The first-order chi connectivity index (χ1) is 49.3. The predicted molar refractivity (Wildman–Crippen MR) is 472 cm³/mol. The maximum absolute atomic E-state index is 2.44. The van der Waals surface area contributed by atoms with Gasteiger partial charge in [-0.1, -0.05) is 178 Å². The Morgan fingerprint density at radius 2 is 0.390 bits per heavy atom. The molecule has 0 atom stereocenters. The minimum Gasteiger partial charge on any atom is -0.140 e. The van der Waals surface area contributed by atoms with Gasteiger partial charge in [-0.05, 0) is 170 Å². The number of fused-ring (bicyclic) bond motifs is 24. The Morgan fingerprint density at radius 1 is 0.180 bits per heavy atom. The zero-order valence-corrected chi connectivity index (χ0v) is 67.0. The third kappa shape index (κ3) is 13.6. The molecule has 8 aromatic carbocycles. The summed E-state index contributed by atoms with van der Waals surface area (Å²) < 4.78 is 29.0. The van der Waals surface area contributed by atoms with Gasteiger partial charge < -0.3 is 0 Å². The summed E-state index contributed by atoms with van der Waals surface area (Å²) in [5.41, 5.74) is 0. The zero-order chi connectivity index (χ0) is 67.2. The molecule has 0 saturated heterocycles. The lowest BCUT2D eigenvalue weighted by Crippen LogP contribution is -1.80. The molecule has 0 unspecified atom stereocenters. The van der Waals surface area contributed by atoms with E-state index in [4.69, 9.17) is 0 Å². The van der Waals surface area contributed by atoms with Crippen LogP contribution in [0, 0.1) is 0 Å². The van der Waals surface area contributed by atoms with Gasteiger partial charge in [0.25, 0.3) is 0 Å². The molecule has 0 radical (unpaired) electrons. The molecular formula is C88H80S12. The van der Waals surface area contributed by atoms with Gasteiger partial charge in [0.05, 0.1) is 37.6 Å². The quantitative estimate of drug-likeness (QED) is 0.0667. The average molecular weight is 1520 g/mol. The van der Waals surface area contributed by atoms with E-state index in [1.54, 1.807) is 19.5 Å². The normalized spacial score (nSPS) is 12.2. The van der Waals surface area contributed by atoms with Crippen LogP contribution < -0.4 is 0 Å². The molecule has 0 bridgehead atoms. The van der Waals surface area contributed by atoms with Gasteiger partial charge in [0.2, 0.25) is 0 Å². The maximum atomic E-state index is 2.44. The fourth-order valence-corrected chi connectivity index (χ4v) is 30.0. The van der Waals surface area contributed by atoms with Crippen molar-refractivity contribution in [1.82, 2.24) is 0 Å². The number of hydrogen-bond acceptors (Lipinski definition) is 12. The molecule has 12 aromatic heterocycles. The second-order valence-electron chi connectivity index (χ2n) is 27.1. The van der Waals surface area contributed by atoms with Crippen LogP contribution in [0.4, 0.5) is 0 Å². The SMILES string of the molecule is CCCCCCc1cc2cc3c(cc2s1)sc1c2ccccc2sc31.CCCCCCc1cc2cc3c(cc2s1)sc1c2ccccc2sc31.CCCCCCc1cc2cc3c(cc2s1)sc1c2ccccc2sc31.CCCCCCc1cc2cc3c(cc2s1)sc1c2ccccc2sc31. The van der Waals surface area contributed by atoms with Crippen LogP contribution in [0.1, 0.15) is 150 Å². The summed E-state index contributed by atoms with van der Waals surface area (Å²) in [6.45, 7) is 9.11. The van der Waals surface area contributed by atoms with Crippen LogP contribution in [-0.4, -0.2) is 0 Å². The molecule has 0 aliphatic rings. The first-order valence-electron chi connectivity index (χ1n) is 36.4. The van der Waals surface area contributed by atoms with Crippen molar-refractivity contribution in [1.29, 1.82) is 0 Å². The van der Waals surface area contributed by atoms with Gasteiger partial charge in [0.1, 0.15) is 0 Å². The highest BCUT2D eigenvalue weighted by atomic mass is 32.1. The summed E-state index contributed by atoms with van der Waals surface area (Å²) in [6.07, 6.45) is 26.5. The van der Waals surface area contributed by atoms with Crippen LogP contribution in [0.15, 0.2) is 170 Å². The summed E-state index contributed by atoms with van der Waals surface area (Å²) in [5, 5.41) is 17.2. The third-order valence-electron chi connectivity index (χ3n) is 19.8. The lowest BCUT2D eigenvalue weighted by molar-refractivity contribution is 0.670. The van der Waals surface area contributed by atoms with Crippen molar-refractivity contribution in [2.75, 3.05) is 0 Å². The van der Waals surface area contributed by atoms with Crippen molar-refractivity contribution in [3.8, 4) is 0 Å². The van der Waals surface area contributed by atoms with E-state index in [0.29, 0.717) is 0 Å². The molecule has 0 aliphatic carbocycles. The topological polar surface area (TPSA) is 0 Å². The summed E-state index contributed by atoms with van der Waals surface area (Å²) in [7, 11) is 0. The van der Waals surface area contributed by atoms with E-state index in [9.17, 15) is 0 Å². The molecule has 0 spiro atoms. The number of thiophene rings is 12. The summed E-state index contributed by atoms with van der Waals surface area (Å²) in [4.78, 5) is 6.21. The zero-order valence-electron chi connectivity index (χ0n) is 57.2. The molecule has 0 N–H and O–H groups in total. The highest BCUT2D eigenvalue weighted by Crippen LogP contribution is 2.51. The molecular weight excluding hydrogens is 1440 g/mol. The molecule has 12 heterocycles. The minimum atomic E-state index is 1.24. The van der Waals surface area contributed by atoms with Gasteiger partial charge in [0.15, 0.2) is 0 Å². The second-order valence-corrected chi connectivity index (χ2v) is 40.2. The van der Waals surface area contributed by atoms with E-state index in [2.05, 4.69) is 198 Å². The number of benzene rings is 8. The Kier molecular flexibility index (Phi) is 20.4. The van der Waals surface area contributed by atoms with Gasteiger partial charge in [-0.25, -0.2) is 0 Å². The van der Waals surface area contributed by atoms with Crippen molar-refractivity contribution in [2.24, 2.45) is 0 Å². The minimum absolute atomic E-state index is 1.24. The Morgan fingerprint density at radius 3 is 0.620 bits per heavy atom. The first-order valence-corrected chi connectivity index (χ1v) is 46.2. The van der Waals surface area contributed by atoms with Crippen molar-refractivity contribution < 1.29 is 0 Å². The van der Waals surface area contributed by atoms with E-state index < -0.39 is 0 Å². The van der Waals surface area contributed by atoms with Crippen LogP contribution >= 0.6 is 136 Å². The Bertz CT molecular complexity index is 5510. The third-order valence-corrected chi connectivity index (χ3v) is 34.5. The van der Waals surface area contributed by atoms with Gasteiger partial charge in [-0.15, -0.1) is 136 Å². The number of aryl methyl sites for hydroxylation is 4. The number of unbranched alkanes of at least 4 members (excludes halogenated alkanes) is 12. The largest absolute Gasteiger partial charge is 0.140 e. The molecule has 0 aliphatic heterocycles. The van der Waals surface area contributed by atoms with Crippen molar-refractivity contribution >= 4 is 295 Å². The van der Waals surface area contributed by atoms with Crippen LogP contribution in [0.2, 0.25) is 0 Å². The summed E-state index contributed by atoms with van der Waals surface area (Å²) in [6, 6.07) is 64.4. The Labute approximate surface area is 633 Å². The average Bonchev–Trinajstić information content (AvgIpc) is 1.61. The van der Waals surface area contributed by atoms with E-state index in [1.165, 1.54) is 287 Å². The lowest BCUT2D eigenvalue weighted by atomic mass is 10.1. The van der Waals surface area contributed by atoms with Gasteiger partial charge >= 0.3 is 0 Å².